The predicted molar refractivity (Wildman–Crippen MR) is 115 cm³/mol. The lowest BCUT2D eigenvalue weighted by Crippen LogP contribution is -2.41. The molecule has 1 fully saturated rings. The number of hydrogen-bond acceptors (Lipinski definition) is 5. The Bertz CT molecular complexity index is 816. The van der Waals surface area contributed by atoms with Gasteiger partial charge in [0, 0.05) is 24.8 Å². The van der Waals surface area contributed by atoms with Gasteiger partial charge in [0.15, 0.2) is 0 Å². The zero-order valence-electron chi connectivity index (χ0n) is 17.1. The number of aromatic nitrogens is 2. The highest BCUT2D eigenvalue weighted by Crippen LogP contribution is 2.25. The molecule has 1 saturated carbocycles. The minimum atomic E-state index is -0.357. The fourth-order valence-corrected chi connectivity index (χ4v) is 4.33. The molecule has 0 aliphatic heterocycles. The van der Waals surface area contributed by atoms with Gasteiger partial charge >= 0.3 is 5.69 Å². The Hall–Kier alpha value is -2.18. The molecule has 3 atom stereocenters. The molecular weight excluding hydrogens is 350 g/mol. The van der Waals surface area contributed by atoms with E-state index in [1.165, 1.54) is 29.4 Å². The van der Waals surface area contributed by atoms with Crippen molar-refractivity contribution in [1.29, 1.82) is 0 Å². The van der Waals surface area contributed by atoms with Gasteiger partial charge in [-0.05, 0) is 68.8 Å². The van der Waals surface area contributed by atoms with E-state index in [1.807, 2.05) is 12.1 Å². The molecule has 1 aliphatic carbocycles. The topological polar surface area (TPSA) is 90.2 Å². The summed E-state index contributed by atoms with van der Waals surface area (Å²) in [5.74, 6) is 0.962. The monoisotopic (exact) mass is 383 g/mol. The van der Waals surface area contributed by atoms with Gasteiger partial charge in [0.05, 0.1) is 5.69 Å². The van der Waals surface area contributed by atoms with Crippen LogP contribution in [0.4, 0.5) is 5.82 Å². The van der Waals surface area contributed by atoms with E-state index in [1.54, 1.807) is 12.3 Å². The first-order valence-electron chi connectivity index (χ1n) is 10.4. The van der Waals surface area contributed by atoms with E-state index in [2.05, 4.69) is 35.9 Å². The van der Waals surface area contributed by atoms with Crippen LogP contribution >= 0.6 is 0 Å². The highest BCUT2D eigenvalue weighted by atomic mass is 16.1. The van der Waals surface area contributed by atoms with Gasteiger partial charge in [-0.2, -0.15) is 4.98 Å². The molecule has 28 heavy (non-hydrogen) atoms. The Balaban J connectivity index is 1.62. The Morgan fingerprint density at radius 3 is 2.64 bits per heavy atom. The lowest BCUT2D eigenvalue weighted by Gasteiger charge is -2.35. The summed E-state index contributed by atoms with van der Waals surface area (Å²) in [4.78, 5) is 18.4. The number of benzene rings is 1. The third-order valence-corrected chi connectivity index (χ3v) is 5.92. The molecule has 0 bridgehead atoms. The predicted octanol–water partition coefficient (Wildman–Crippen LogP) is 2.59. The quantitative estimate of drug-likeness (QED) is 0.767. The van der Waals surface area contributed by atoms with Crippen LogP contribution in [0.15, 0.2) is 41.3 Å². The summed E-state index contributed by atoms with van der Waals surface area (Å²) in [5, 5.41) is 0. The first kappa shape index (κ1) is 20.6. The zero-order valence-corrected chi connectivity index (χ0v) is 17.1. The second kappa shape index (κ2) is 9.34. The van der Waals surface area contributed by atoms with Crippen molar-refractivity contribution in [3.8, 4) is 5.69 Å². The molecule has 6 heteroatoms. The van der Waals surface area contributed by atoms with Crippen LogP contribution < -0.4 is 17.2 Å². The maximum Gasteiger partial charge on any atom is 0.354 e. The molecule has 2 unspecified atom stereocenters. The zero-order chi connectivity index (χ0) is 20.1. The van der Waals surface area contributed by atoms with E-state index in [0.717, 1.165) is 37.5 Å². The molecule has 152 valence electrons. The van der Waals surface area contributed by atoms with Crippen molar-refractivity contribution in [2.75, 3.05) is 18.8 Å². The third kappa shape index (κ3) is 5.20. The third-order valence-electron chi connectivity index (χ3n) is 5.92. The fourth-order valence-electron chi connectivity index (χ4n) is 4.33. The van der Waals surface area contributed by atoms with Gasteiger partial charge in [-0.25, -0.2) is 4.79 Å². The van der Waals surface area contributed by atoms with Crippen molar-refractivity contribution in [2.45, 2.75) is 58.0 Å². The second-order valence-corrected chi connectivity index (χ2v) is 8.10. The summed E-state index contributed by atoms with van der Waals surface area (Å²) >= 11 is 0. The van der Waals surface area contributed by atoms with Crippen LogP contribution in [0.25, 0.3) is 5.69 Å². The van der Waals surface area contributed by atoms with E-state index in [9.17, 15) is 4.79 Å². The summed E-state index contributed by atoms with van der Waals surface area (Å²) < 4.78 is 1.51. The number of likely N-dealkylation sites (N-methyl/N-ethyl adjacent to an activating group) is 1. The second-order valence-electron chi connectivity index (χ2n) is 8.10. The van der Waals surface area contributed by atoms with Crippen LogP contribution in [0.1, 0.15) is 45.1 Å². The molecule has 1 aromatic heterocycles. The number of nitrogen functional groups attached to an aromatic ring is 1. The molecule has 3 rings (SSSR count). The van der Waals surface area contributed by atoms with Crippen LogP contribution in [0, 0.1) is 5.92 Å². The lowest BCUT2D eigenvalue weighted by molar-refractivity contribution is 0.158. The molecule has 1 aliphatic rings. The molecule has 0 radical (unpaired) electrons. The summed E-state index contributed by atoms with van der Waals surface area (Å²) in [7, 11) is 0. The number of nitrogens with two attached hydrogens (primary N) is 2. The van der Waals surface area contributed by atoms with Gasteiger partial charge in [-0.1, -0.05) is 25.5 Å². The molecule has 0 amide bonds. The molecule has 1 heterocycles. The van der Waals surface area contributed by atoms with E-state index in [4.69, 9.17) is 11.5 Å². The average Bonchev–Trinajstić information content (AvgIpc) is 2.67. The van der Waals surface area contributed by atoms with Gasteiger partial charge in [0.1, 0.15) is 5.82 Å². The summed E-state index contributed by atoms with van der Waals surface area (Å²) in [6.07, 6.45) is 7.55. The van der Waals surface area contributed by atoms with Crippen LogP contribution in [-0.4, -0.2) is 39.6 Å². The van der Waals surface area contributed by atoms with Gasteiger partial charge in [0.2, 0.25) is 0 Å². The highest BCUT2D eigenvalue weighted by Gasteiger charge is 2.23. The molecular formula is C22H33N5O. The SMILES string of the molecule is CCN(CC1CCC[C@H](N)C1)C(C)Cc1ccc(-n2ccc(N)nc2=O)cc1. The smallest absolute Gasteiger partial charge is 0.354 e. The summed E-state index contributed by atoms with van der Waals surface area (Å²) in [6.45, 7) is 6.73. The van der Waals surface area contributed by atoms with Crippen molar-refractivity contribution >= 4 is 5.82 Å². The van der Waals surface area contributed by atoms with E-state index in [0.29, 0.717) is 12.1 Å². The van der Waals surface area contributed by atoms with Gasteiger partial charge < -0.3 is 16.4 Å². The Morgan fingerprint density at radius 1 is 1.25 bits per heavy atom. The van der Waals surface area contributed by atoms with Crippen LogP contribution in [0.5, 0.6) is 0 Å². The van der Waals surface area contributed by atoms with E-state index >= 15 is 0 Å². The molecule has 6 nitrogen and oxygen atoms in total. The maximum absolute atomic E-state index is 12.0. The number of rotatable bonds is 7. The fraction of sp³-hybridized carbons (Fsp3) is 0.545. The van der Waals surface area contributed by atoms with Crippen molar-refractivity contribution in [1.82, 2.24) is 14.5 Å². The van der Waals surface area contributed by atoms with Gasteiger partial charge in [-0.15, -0.1) is 0 Å². The van der Waals surface area contributed by atoms with Gasteiger partial charge in [-0.3, -0.25) is 4.57 Å². The van der Waals surface area contributed by atoms with E-state index in [-0.39, 0.29) is 11.5 Å². The first-order chi connectivity index (χ1) is 13.5. The number of anilines is 1. The average molecular weight is 384 g/mol. The molecule has 1 aromatic carbocycles. The Kier molecular flexibility index (Phi) is 6.86. The molecule has 2 aromatic rings. The van der Waals surface area contributed by atoms with Crippen molar-refractivity contribution in [3.05, 3.63) is 52.6 Å². The van der Waals surface area contributed by atoms with Crippen molar-refractivity contribution in [3.63, 3.8) is 0 Å². The minimum absolute atomic E-state index is 0.241. The molecule has 4 N–H and O–H groups in total. The highest BCUT2D eigenvalue weighted by molar-refractivity contribution is 5.36. The van der Waals surface area contributed by atoms with Crippen molar-refractivity contribution < 1.29 is 0 Å². The largest absolute Gasteiger partial charge is 0.383 e. The van der Waals surface area contributed by atoms with Crippen LogP contribution in [0.2, 0.25) is 0 Å². The summed E-state index contributed by atoms with van der Waals surface area (Å²) in [6, 6.07) is 10.6. The van der Waals surface area contributed by atoms with Crippen LogP contribution in [-0.2, 0) is 6.42 Å². The standard InChI is InChI=1S/C22H33N5O/c1-3-26(15-18-5-4-6-19(23)14-18)16(2)13-17-7-9-20(10-8-17)27-12-11-21(24)25-22(27)28/h7-12,16,18-19H,3-6,13-15,23H2,1-2H3,(H2,24,25,28)/t16?,18?,19-/m0/s1. The number of nitrogens with zero attached hydrogens (tertiary/aromatic N) is 3. The minimum Gasteiger partial charge on any atom is -0.383 e. The summed E-state index contributed by atoms with van der Waals surface area (Å²) in [5.41, 5.74) is 13.4. The van der Waals surface area contributed by atoms with Gasteiger partial charge in [0.25, 0.3) is 0 Å². The molecule has 0 saturated heterocycles. The normalized spacial score (nSPS) is 21.0. The Labute approximate surface area is 167 Å². The van der Waals surface area contributed by atoms with E-state index < -0.39 is 0 Å². The van der Waals surface area contributed by atoms with Crippen LogP contribution in [0.3, 0.4) is 0 Å². The lowest BCUT2D eigenvalue weighted by atomic mass is 9.85. The number of hydrogen-bond donors (Lipinski definition) is 2. The molecule has 0 spiro atoms. The van der Waals surface area contributed by atoms with Crippen molar-refractivity contribution in [2.24, 2.45) is 11.7 Å². The Morgan fingerprint density at radius 2 is 2.00 bits per heavy atom. The maximum atomic E-state index is 12.0. The first-order valence-corrected chi connectivity index (χ1v) is 10.4.